The molecule has 5 aromatic rings. The summed E-state index contributed by atoms with van der Waals surface area (Å²) < 4.78 is 1.60. The van der Waals surface area contributed by atoms with Gasteiger partial charge in [0.25, 0.3) is 5.56 Å². The number of allylic oxidation sites excluding steroid dienone is 1. The molecule has 0 atom stereocenters. The van der Waals surface area contributed by atoms with Crippen molar-refractivity contribution in [3.63, 3.8) is 0 Å². The maximum atomic E-state index is 13.6. The van der Waals surface area contributed by atoms with Crippen molar-refractivity contribution in [1.82, 2.24) is 19.5 Å². The molecule has 7 nitrogen and oxygen atoms in total. The number of fused-ring (bicyclic) bond motifs is 2. The van der Waals surface area contributed by atoms with Crippen LogP contribution in [0.3, 0.4) is 0 Å². The van der Waals surface area contributed by atoms with Crippen LogP contribution in [0.1, 0.15) is 31.2 Å². The maximum absolute atomic E-state index is 13.6. The topological polar surface area (TPSA) is 108 Å². The number of aliphatic hydroxyl groups excluding tert-OH is 1. The van der Waals surface area contributed by atoms with Crippen LogP contribution in [0.5, 0.6) is 0 Å². The zero-order chi connectivity index (χ0) is 25.2. The molecular formula is C28H23N5O2S. The fourth-order valence-electron chi connectivity index (χ4n) is 4.13. The van der Waals surface area contributed by atoms with Gasteiger partial charge >= 0.3 is 0 Å². The summed E-state index contributed by atoms with van der Waals surface area (Å²) in [5, 5.41) is 21.6. The minimum absolute atomic E-state index is 0.0363. The minimum Gasteiger partial charge on any atom is -0.510 e. The second-order valence-corrected chi connectivity index (χ2v) is 9.53. The van der Waals surface area contributed by atoms with E-state index >= 15 is 0 Å². The number of hydrogen-bond acceptors (Lipinski definition) is 6. The highest BCUT2D eigenvalue weighted by Crippen LogP contribution is 2.29. The number of nitriles is 1. The first kappa shape index (κ1) is 23.4. The molecule has 0 unspecified atom stereocenters. The van der Waals surface area contributed by atoms with Crippen molar-refractivity contribution in [2.45, 2.75) is 24.9 Å². The van der Waals surface area contributed by atoms with Gasteiger partial charge in [0.2, 0.25) is 0 Å². The molecular weight excluding hydrogens is 470 g/mol. The lowest BCUT2D eigenvalue weighted by Gasteiger charge is -2.18. The van der Waals surface area contributed by atoms with Crippen LogP contribution in [0.2, 0.25) is 0 Å². The monoisotopic (exact) mass is 493 g/mol. The van der Waals surface area contributed by atoms with E-state index in [1.165, 1.54) is 11.8 Å². The van der Waals surface area contributed by atoms with Crippen molar-refractivity contribution in [3.8, 4) is 11.8 Å². The van der Waals surface area contributed by atoms with Crippen molar-refractivity contribution in [2.75, 3.05) is 5.75 Å². The quantitative estimate of drug-likeness (QED) is 0.131. The molecule has 0 spiro atoms. The molecule has 2 aromatic heterocycles. The summed E-state index contributed by atoms with van der Waals surface area (Å²) in [6, 6.07) is 24.4. The second kappa shape index (κ2) is 9.72. The number of nitrogens with one attached hydrogen (secondary N) is 1. The molecule has 178 valence electrons. The lowest BCUT2D eigenvalue weighted by atomic mass is 10.0. The number of thioether (sulfide) groups is 1. The summed E-state index contributed by atoms with van der Waals surface area (Å²) >= 11 is 1.20. The van der Waals surface area contributed by atoms with Crippen molar-refractivity contribution in [2.24, 2.45) is 0 Å². The number of para-hydroxylation sites is 4. The predicted octanol–water partition coefficient (Wildman–Crippen LogP) is 5.97. The molecule has 0 fully saturated rings. The van der Waals surface area contributed by atoms with E-state index in [0.29, 0.717) is 27.4 Å². The Morgan fingerprint density at radius 2 is 1.72 bits per heavy atom. The average Bonchev–Trinajstić information content (AvgIpc) is 3.32. The number of aromatic amines is 1. The van der Waals surface area contributed by atoms with Crippen LogP contribution >= 0.6 is 11.8 Å². The number of hydrogen-bond donors (Lipinski definition) is 2. The molecule has 8 heteroatoms. The lowest BCUT2D eigenvalue weighted by Crippen LogP contribution is -2.23. The van der Waals surface area contributed by atoms with Crippen molar-refractivity contribution >= 4 is 39.3 Å². The lowest BCUT2D eigenvalue weighted by molar-refractivity contribution is 0.420. The first-order chi connectivity index (χ1) is 17.5. The van der Waals surface area contributed by atoms with Crippen molar-refractivity contribution < 1.29 is 5.11 Å². The Morgan fingerprint density at radius 3 is 2.47 bits per heavy atom. The molecule has 0 amide bonds. The third-order valence-corrected chi connectivity index (χ3v) is 6.86. The molecule has 0 aliphatic carbocycles. The number of aliphatic hydroxyl groups is 1. The molecule has 0 saturated carbocycles. The van der Waals surface area contributed by atoms with E-state index in [0.717, 1.165) is 16.8 Å². The van der Waals surface area contributed by atoms with Crippen LogP contribution in [0.25, 0.3) is 33.2 Å². The molecule has 0 aliphatic rings. The molecule has 2 heterocycles. The summed E-state index contributed by atoms with van der Waals surface area (Å²) in [5.41, 5.74) is 3.68. The van der Waals surface area contributed by atoms with Crippen LogP contribution < -0.4 is 5.56 Å². The van der Waals surface area contributed by atoms with Gasteiger partial charge < -0.3 is 10.1 Å². The van der Waals surface area contributed by atoms with Gasteiger partial charge in [-0.1, -0.05) is 68.1 Å². The van der Waals surface area contributed by atoms with Crippen LogP contribution in [0.4, 0.5) is 0 Å². The molecule has 2 N–H and O–H groups in total. The van der Waals surface area contributed by atoms with Gasteiger partial charge in [0, 0.05) is 0 Å². The van der Waals surface area contributed by atoms with Crippen LogP contribution in [0, 0.1) is 11.3 Å². The van der Waals surface area contributed by atoms with Gasteiger partial charge in [0.05, 0.1) is 33.4 Å². The fourth-order valence-corrected chi connectivity index (χ4v) is 5.01. The summed E-state index contributed by atoms with van der Waals surface area (Å²) in [6.45, 7) is 4.15. The maximum Gasteiger partial charge on any atom is 0.266 e. The Labute approximate surface area is 211 Å². The van der Waals surface area contributed by atoms with Gasteiger partial charge in [-0.2, -0.15) is 5.26 Å². The zero-order valence-corrected chi connectivity index (χ0v) is 20.6. The molecule has 3 aromatic carbocycles. The molecule has 36 heavy (non-hydrogen) atoms. The summed E-state index contributed by atoms with van der Waals surface area (Å²) in [6.07, 6.45) is 0. The fraction of sp³-hybridized carbons (Fsp3) is 0.143. The Morgan fingerprint density at radius 1 is 1.03 bits per heavy atom. The predicted molar refractivity (Wildman–Crippen MR) is 143 cm³/mol. The zero-order valence-electron chi connectivity index (χ0n) is 19.8. The largest absolute Gasteiger partial charge is 0.510 e. The number of imidazole rings is 1. The Balaban J connectivity index is 1.60. The normalized spacial score (nSPS) is 12.2. The molecule has 0 saturated heterocycles. The third kappa shape index (κ3) is 4.25. The Bertz CT molecular complexity index is 1690. The van der Waals surface area contributed by atoms with E-state index in [9.17, 15) is 15.2 Å². The van der Waals surface area contributed by atoms with E-state index in [2.05, 4.69) is 29.9 Å². The molecule has 0 radical (unpaired) electrons. The average molecular weight is 494 g/mol. The summed E-state index contributed by atoms with van der Waals surface area (Å²) in [7, 11) is 0. The first-order valence-electron chi connectivity index (χ1n) is 11.5. The number of rotatable bonds is 6. The van der Waals surface area contributed by atoms with Gasteiger partial charge in [-0.15, -0.1) is 0 Å². The van der Waals surface area contributed by atoms with Crippen LogP contribution in [0.15, 0.2) is 88.5 Å². The highest BCUT2D eigenvalue weighted by atomic mass is 32.2. The van der Waals surface area contributed by atoms with Crippen LogP contribution in [-0.4, -0.2) is 30.4 Å². The van der Waals surface area contributed by atoms with E-state index in [-0.39, 0.29) is 28.6 Å². The Kier molecular flexibility index (Phi) is 6.32. The number of H-pyrrole nitrogens is 1. The van der Waals surface area contributed by atoms with Gasteiger partial charge in [-0.3, -0.25) is 9.36 Å². The van der Waals surface area contributed by atoms with E-state index in [4.69, 9.17) is 4.98 Å². The van der Waals surface area contributed by atoms with Crippen molar-refractivity contribution in [1.29, 1.82) is 5.26 Å². The number of aromatic nitrogens is 4. The van der Waals surface area contributed by atoms with Crippen LogP contribution in [-0.2, 0) is 0 Å². The minimum atomic E-state index is -0.183. The molecule has 0 bridgehead atoms. The standard InChI is InChI=1S/C28H23N5O2S/c1-17(2)18-9-4-8-14-24(18)33-27(35)19-10-3-5-11-21(19)32-28(33)36-16-25(34)20(15-29)26-30-22-12-6-7-13-23(22)31-26/h3-14,17,34H,16H2,1-2H3,(H,30,31)/b25-20-. The smallest absolute Gasteiger partial charge is 0.266 e. The first-order valence-corrected chi connectivity index (χ1v) is 12.5. The van der Waals surface area contributed by atoms with Crippen molar-refractivity contribution in [3.05, 3.63) is 100 Å². The highest BCUT2D eigenvalue weighted by Gasteiger charge is 2.19. The summed E-state index contributed by atoms with van der Waals surface area (Å²) in [4.78, 5) is 25.9. The SMILES string of the molecule is CC(C)c1ccccc1-n1c(SC/C(O)=C(\C#N)c2nc3ccccc3[nH]2)nc2ccccc2c1=O. The number of nitrogens with zero attached hydrogens (tertiary/aromatic N) is 4. The number of benzene rings is 3. The second-order valence-electron chi connectivity index (χ2n) is 8.59. The Hall–Kier alpha value is -4.35. The van der Waals surface area contributed by atoms with Gasteiger partial charge in [-0.05, 0) is 41.8 Å². The van der Waals surface area contributed by atoms with E-state index in [1.807, 2.05) is 60.7 Å². The summed E-state index contributed by atoms with van der Waals surface area (Å²) in [5.74, 6) is 0.372. The van der Waals surface area contributed by atoms with E-state index < -0.39 is 0 Å². The third-order valence-electron chi connectivity index (χ3n) is 5.91. The van der Waals surface area contributed by atoms with E-state index in [1.54, 1.807) is 16.7 Å². The van der Waals surface area contributed by atoms with Gasteiger partial charge in [0.15, 0.2) is 11.0 Å². The van der Waals surface area contributed by atoms with Gasteiger partial charge in [0.1, 0.15) is 17.4 Å². The van der Waals surface area contributed by atoms with Gasteiger partial charge in [-0.25, -0.2) is 9.97 Å². The molecule has 0 aliphatic heterocycles. The highest BCUT2D eigenvalue weighted by molar-refractivity contribution is 7.99. The molecule has 5 rings (SSSR count).